The molecule has 1 N–H and O–H groups in total. The number of rotatable bonds is 3. The molecule has 3 fully saturated rings. The second kappa shape index (κ2) is 6.07. The second-order valence-corrected chi connectivity index (χ2v) is 7.22. The maximum absolute atomic E-state index is 13.0. The summed E-state index contributed by atoms with van der Waals surface area (Å²) in [4.78, 5) is 33.0. The van der Waals surface area contributed by atoms with Crippen molar-refractivity contribution in [1.29, 1.82) is 0 Å². The number of aliphatic carboxylic acids is 1. The van der Waals surface area contributed by atoms with Crippen LogP contribution in [0.4, 0.5) is 5.82 Å². The van der Waals surface area contributed by atoms with Crippen LogP contribution < -0.4 is 4.90 Å². The minimum absolute atomic E-state index is 0.0651. The molecule has 1 amide bonds. The number of carbonyl (C=O) groups is 2. The van der Waals surface area contributed by atoms with Crippen molar-refractivity contribution in [2.45, 2.75) is 19.3 Å². The number of anilines is 1. The molecule has 4 rings (SSSR count). The Kier molecular flexibility index (Phi) is 3.90. The van der Waals surface area contributed by atoms with E-state index in [2.05, 4.69) is 9.88 Å². The maximum atomic E-state index is 13.0. The van der Waals surface area contributed by atoms with Crippen LogP contribution in [0.25, 0.3) is 0 Å². The van der Waals surface area contributed by atoms with Crippen LogP contribution in [0, 0.1) is 23.7 Å². The smallest absolute Gasteiger partial charge is 0.307 e. The van der Waals surface area contributed by atoms with Gasteiger partial charge in [0.25, 0.3) is 0 Å². The summed E-state index contributed by atoms with van der Waals surface area (Å²) in [6.45, 7) is 2.80. The molecular formula is C18H23N3O3. The van der Waals surface area contributed by atoms with Crippen molar-refractivity contribution in [3.05, 3.63) is 24.4 Å². The lowest BCUT2D eigenvalue weighted by atomic mass is 9.78. The van der Waals surface area contributed by atoms with Gasteiger partial charge < -0.3 is 14.9 Å². The Labute approximate surface area is 141 Å². The van der Waals surface area contributed by atoms with Crippen LogP contribution in [-0.2, 0) is 9.59 Å². The Balaban J connectivity index is 1.42. The van der Waals surface area contributed by atoms with Crippen molar-refractivity contribution >= 4 is 17.7 Å². The van der Waals surface area contributed by atoms with E-state index in [4.69, 9.17) is 0 Å². The number of hydrogen-bond donors (Lipinski definition) is 1. The number of carboxylic acids is 1. The van der Waals surface area contributed by atoms with Crippen molar-refractivity contribution in [1.82, 2.24) is 9.88 Å². The van der Waals surface area contributed by atoms with Gasteiger partial charge in [0, 0.05) is 32.4 Å². The largest absolute Gasteiger partial charge is 0.481 e. The summed E-state index contributed by atoms with van der Waals surface area (Å²) in [7, 11) is 0. The summed E-state index contributed by atoms with van der Waals surface area (Å²) < 4.78 is 0. The van der Waals surface area contributed by atoms with Crippen LogP contribution >= 0.6 is 0 Å². The minimum Gasteiger partial charge on any atom is -0.481 e. The van der Waals surface area contributed by atoms with E-state index in [0.717, 1.165) is 38.2 Å². The lowest BCUT2D eigenvalue weighted by molar-refractivity contribution is -0.153. The average molecular weight is 329 g/mol. The second-order valence-electron chi connectivity index (χ2n) is 7.22. The number of nitrogens with zero attached hydrogens (tertiary/aromatic N) is 3. The van der Waals surface area contributed by atoms with Crippen molar-refractivity contribution in [2.75, 3.05) is 31.1 Å². The standard InChI is InChI=1S/C18H23N3O3/c22-17(15-12-4-5-13(11-12)16(15)18(23)24)21-9-7-20(8-10-21)14-3-1-2-6-19-14/h1-3,6,12-13,15-16H,4-5,7-11H2,(H,23,24)/t12-,13-,15+,16+/m0/s1. The highest BCUT2D eigenvalue weighted by Gasteiger charge is 2.54. The third-order valence-corrected chi connectivity index (χ3v) is 6.05. The number of carbonyl (C=O) groups excluding carboxylic acids is 1. The zero-order valence-corrected chi connectivity index (χ0v) is 13.7. The van der Waals surface area contributed by atoms with Crippen LogP contribution in [0.15, 0.2) is 24.4 Å². The van der Waals surface area contributed by atoms with Gasteiger partial charge in [0.2, 0.25) is 5.91 Å². The molecular weight excluding hydrogens is 306 g/mol. The first-order valence-corrected chi connectivity index (χ1v) is 8.82. The molecule has 6 nitrogen and oxygen atoms in total. The van der Waals surface area contributed by atoms with E-state index in [-0.39, 0.29) is 23.7 Å². The molecule has 1 aromatic rings. The fourth-order valence-corrected chi connectivity index (χ4v) is 4.91. The predicted molar refractivity (Wildman–Crippen MR) is 88.5 cm³/mol. The van der Waals surface area contributed by atoms with Crippen molar-refractivity contribution in [3.8, 4) is 0 Å². The van der Waals surface area contributed by atoms with E-state index >= 15 is 0 Å². The molecule has 128 valence electrons. The van der Waals surface area contributed by atoms with E-state index in [1.54, 1.807) is 6.20 Å². The molecule has 2 heterocycles. The van der Waals surface area contributed by atoms with Gasteiger partial charge in [0.05, 0.1) is 11.8 Å². The molecule has 0 aromatic carbocycles. The summed E-state index contributed by atoms with van der Waals surface area (Å²) in [5.41, 5.74) is 0. The fraction of sp³-hybridized carbons (Fsp3) is 0.611. The number of aromatic nitrogens is 1. The van der Waals surface area contributed by atoms with E-state index in [1.165, 1.54) is 0 Å². The van der Waals surface area contributed by atoms with E-state index in [0.29, 0.717) is 13.1 Å². The van der Waals surface area contributed by atoms with Gasteiger partial charge in [-0.05, 0) is 43.2 Å². The number of carboxylic acid groups (broad SMARTS) is 1. The van der Waals surface area contributed by atoms with Crippen molar-refractivity contribution in [2.24, 2.45) is 23.7 Å². The number of fused-ring (bicyclic) bond motifs is 2. The SMILES string of the molecule is O=C(O)[C@@H]1[C@H]2CC[C@@H](C2)[C@H]1C(=O)N1CCN(c2ccccn2)CC1. The molecule has 0 unspecified atom stereocenters. The molecule has 1 aromatic heterocycles. The highest BCUT2D eigenvalue weighted by molar-refractivity contribution is 5.86. The van der Waals surface area contributed by atoms with E-state index in [9.17, 15) is 14.7 Å². The quantitative estimate of drug-likeness (QED) is 0.909. The van der Waals surface area contributed by atoms with Crippen LogP contribution in [0.3, 0.4) is 0 Å². The molecule has 0 spiro atoms. The molecule has 24 heavy (non-hydrogen) atoms. The molecule has 2 aliphatic carbocycles. The lowest BCUT2D eigenvalue weighted by Crippen LogP contribution is -2.52. The van der Waals surface area contributed by atoms with Gasteiger partial charge in [0.1, 0.15) is 5.82 Å². The zero-order chi connectivity index (χ0) is 16.7. The molecule has 0 radical (unpaired) electrons. The maximum Gasteiger partial charge on any atom is 0.307 e. The van der Waals surface area contributed by atoms with Gasteiger partial charge in [-0.25, -0.2) is 4.98 Å². The van der Waals surface area contributed by atoms with Crippen molar-refractivity contribution < 1.29 is 14.7 Å². The summed E-state index contributed by atoms with van der Waals surface area (Å²) in [6.07, 6.45) is 4.68. The highest BCUT2D eigenvalue weighted by atomic mass is 16.4. The van der Waals surface area contributed by atoms with Gasteiger partial charge in [0.15, 0.2) is 0 Å². The predicted octanol–water partition coefficient (Wildman–Crippen LogP) is 1.48. The average Bonchev–Trinajstić information content (AvgIpc) is 3.23. The van der Waals surface area contributed by atoms with Crippen LogP contribution in [0.5, 0.6) is 0 Å². The number of pyridine rings is 1. The Morgan fingerprint density at radius 1 is 1.04 bits per heavy atom. The normalized spacial score (nSPS) is 32.2. The monoisotopic (exact) mass is 329 g/mol. The first-order chi connectivity index (χ1) is 11.6. The fourth-order valence-electron chi connectivity index (χ4n) is 4.91. The molecule has 4 atom stereocenters. The third kappa shape index (κ3) is 2.54. The molecule has 1 saturated heterocycles. The highest BCUT2D eigenvalue weighted by Crippen LogP contribution is 2.53. The van der Waals surface area contributed by atoms with E-state index < -0.39 is 11.9 Å². The van der Waals surface area contributed by atoms with Gasteiger partial charge in [-0.1, -0.05) is 6.07 Å². The first kappa shape index (κ1) is 15.4. The van der Waals surface area contributed by atoms with Gasteiger partial charge in [-0.15, -0.1) is 0 Å². The van der Waals surface area contributed by atoms with Gasteiger partial charge >= 0.3 is 5.97 Å². The molecule has 3 aliphatic rings. The van der Waals surface area contributed by atoms with E-state index in [1.807, 2.05) is 23.1 Å². The first-order valence-electron chi connectivity index (χ1n) is 8.82. The van der Waals surface area contributed by atoms with Crippen LogP contribution in [0.2, 0.25) is 0 Å². The Morgan fingerprint density at radius 3 is 2.38 bits per heavy atom. The van der Waals surface area contributed by atoms with Gasteiger partial charge in [-0.2, -0.15) is 0 Å². The Bertz CT molecular complexity index is 628. The number of hydrogen-bond acceptors (Lipinski definition) is 4. The zero-order valence-electron chi connectivity index (χ0n) is 13.7. The Hall–Kier alpha value is -2.11. The minimum atomic E-state index is -0.785. The summed E-state index contributed by atoms with van der Waals surface area (Å²) >= 11 is 0. The number of amides is 1. The van der Waals surface area contributed by atoms with Gasteiger partial charge in [-0.3, -0.25) is 9.59 Å². The molecule has 2 saturated carbocycles. The number of piperazine rings is 1. The topological polar surface area (TPSA) is 73.7 Å². The van der Waals surface area contributed by atoms with Crippen LogP contribution in [0.1, 0.15) is 19.3 Å². The summed E-state index contributed by atoms with van der Waals surface area (Å²) in [5.74, 6) is -0.0720. The van der Waals surface area contributed by atoms with Crippen molar-refractivity contribution in [3.63, 3.8) is 0 Å². The Morgan fingerprint density at radius 2 is 1.75 bits per heavy atom. The summed E-state index contributed by atoms with van der Waals surface area (Å²) in [5, 5.41) is 9.56. The molecule has 1 aliphatic heterocycles. The van der Waals surface area contributed by atoms with Crippen LogP contribution in [-0.4, -0.2) is 53.0 Å². The summed E-state index contributed by atoms with van der Waals surface area (Å²) in [6, 6.07) is 5.84. The molecule has 6 heteroatoms. The molecule has 2 bridgehead atoms. The third-order valence-electron chi connectivity index (χ3n) is 6.05. The lowest BCUT2D eigenvalue weighted by Gasteiger charge is -2.38.